The zero-order valence-corrected chi connectivity index (χ0v) is 26.7. The van der Waals surface area contributed by atoms with Gasteiger partial charge in [0.25, 0.3) is 0 Å². The number of ether oxygens (including phenoxy) is 3. The van der Waals surface area contributed by atoms with E-state index in [1.807, 2.05) is 36.4 Å². The summed E-state index contributed by atoms with van der Waals surface area (Å²) in [6.07, 6.45) is 5.98. The van der Waals surface area contributed by atoms with E-state index in [0.717, 1.165) is 29.0 Å². The molecule has 0 bridgehead atoms. The number of carbonyl (C=O) groups excluding carboxylic acids is 2. The molecule has 0 spiro atoms. The largest absolute Gasteiger partial charge is 0.497 e. The summed E-state index contributed by atoms with van der Waals surface area (Å²) in [6, 6.07) is 28.8. The van der Waals surface area contributed by atoms with E-state index in [2.05, 4.69) is 17.6 Å². The van der Waals surface area contributed by atoms with E-state index in [1.165, 1.54) is 25.7 Å². The highest BCUT2D eigenvalue weighted by atomic mass is 16.5. The minimum absolute atomic E-state index is 0.125. The maximum absolute atomic E-state index is 12.6. The monoisotopic (exact) mass is 624 g/mol. The molecule has 4 rings (SSSR count). The molecule has 0 radical (unpaired) electrons. The number of amides is 1. The summed E-state index contributed by atoms with van der Waals surface area (Å²) >= 11 is 0. The molecule has 0 aliphatic rings. The molecule has 0 saturated carbocycles. The van der Waals surface area contributed by atoms with E-state index in [-0.39, 0.29) is 12.3 Å². The van der Waals surface area contributed by atoms with Crippen molar-refractivity contribution < 1.29 is 28.9 Å². The summed E-state index contributed by atoms with van der Waals surface area (Å²) in [5.74, 6) is 1.41. The van der Waals surface area contributed by atoms with Crippen LogP contribution >= 0.6 is 0 Å². The van der Waals surface area contributed by atoms with Crippen molar-refractivity contribution in [3.63, 3.8) is 0 Å². The van der Waals surface area contributed by atoms with Crippen molar-refractivity contribution in [3.8, 4) is 17.2 Å². The van der Waals surface area contributed by atoms with Gasteiger partial charge in [-0.15, -0.1) is 0 Å². The first-order chi connectivity index (χ1) is 22.4. The molecule has 0 fully saturated rings. The van der Waals surface area contributed by atoms with Gasteiger partial charge in [-0.1, -0.05) is 69.0 Å². The second-order valence-electron chi connectivity index (χ2n) is 11.1. The van der Waals surface area contributed by atoms with Crippen molar-refractivity contribution in [1.29, 1.82) is 0 Å². The van der Waals surface area contributed by atoms with Crippen LogP contribution in [0.25, 0.3) is 0 Å². The number of hydrogen-bond acceptors (Lipinski definition) is 7. The third kappa shape index (κ3) is 11.4. The van der Waals surface area contributed by atoms with Gasteiger partial charge in [-0.2, -0.15) is 0 Å². The lowest BCUT2D eigenvalue weighted by atomic mass is 10.1. The molecule has 0 aromatic heterocycles. The van der Waals surface area contributed by atoms with E-state index in [1.54, 1.807) is 67.8 Å². The molecule has 1 atom stereocenters. The Hall–Kier alpha value is -4.66. The molecule has 0 aliphatic heterocycles. The molecular formula is C38H44N2O6. The van der Waals surface area contributed by atoms with Crippen LogP contribution in [-0.2, 0) is 17.6 Å². The average molecular weight is 625 g/mol. The first-order valence-corrected chi connectivity index (χ1v) is 15.9. The Morgan fingerprint density at radius 1 is 0.739 bits per heavy atom. The SMILES string of the molecule is CCCCCCCOc1ccc(C(=O)Oc2ccc(CCNC(O)c3ccc(NC(=O)Cc4ccc(OC)cc4)cc3)cc2)cc1. The second-order valence-corrected chi connectivity index (χ2v) is 11.1. The summed E-state index contributed by atoms with van der Waals surface area (Å²) in [4.78, 5) is 25.0. The van der Waals surface area contributed by atoms with Crippen molar-refractivity contribution in [2.45, 2.75) is 58.1 Å². The fourth-order valence-corrected chi connectivity index (χ4v) is 4.83. The molecule has 3 N–H and O–H groups in total. The molecule has 8 nitrogen and oxygen atoms in total. The topological polar surface area (TPSA) is 106 Å². The second kappa shape index (κ2) is 18.3. The Labute approximate surface area is 271 Å². The van der Waals surface area contributed by atoms with Crippen LogP contribution < -0.4 is 24.8 Å². The van der Waals surface area contributed by atoms with Gasteiger partial charge in [0.1, 0.15) is 23.5 Å². The lowest BCUT2D eigenvalue weighted by Crippen LogP contribution is -2.23. The fraction of sp³-hybridized carbons (Fsp3) is 0.316. The van der Waals surface area contributed by atoms with E-state index in [0.29, 0.717) is 42.1 Å². The van der Waals surface area contributed by atoms with Gasteiger partial charge in [-0.3, -0.25) is 10.1 Å². The zero-order valence-electron chi connectivity index (χ0n) is 26.7. The molecule has 1 unspecified atom stereocenters. The minimum Gasteiger partial charge on any atom is -0.497 e. The van der Waals surface area contributed by atoms with Crippen LogP contribution in [0.5, 0.6) is 17.2 Å². The van der Waals surface area contributed by atoms with Crippen molar-refractivity contribution in [1.82, 2.24) is 5.32 Å². The van der Waals surface area contributed by atoms with Gasteiger partial charge in [0.2, 0.25) is 5.91 Å². The highest BCUT2D eigenvalue weighted by molar-refractivity contribution is 5.92. The van der Waals surface area contributed by atoms with Crippen molar-refractivity contribution in [3.05, 3.63) is 119 Å². The highest BCUT2D eigenvalue weighted by Gasteiger charge is 2.11. The first kappa shape index (κ1) is 34.2. The smallest absolute Gasteiger partial charge is 0.343 e. The standard InChI is InChI=1S/C38H44N2O6/c1-3-4-5-6-7-26-45-34-22-14-31(15-23-34)38(43)46-35-20-8-28(9-21-35)24-25-39-37(42)30-12-16-32(17-13-30)40-36(41)27-29-10-18-33(44-2)19-11-29/h8-23,37,39,42H,3-7,24-27H2,1-2H3,(H,40,41). The quantitative estimate of drug-likeness (QED) is 0.0463. The summed E-state index contributed by atoms with van der Waals surface area (Å²) in [5.41, 5.74) is 3.73. The maximum Gasteiger partial charge on any atom is 0.343 e. The van der Waals surface area contributed by atoms with Crippen molar-refractivity contribution in [2.24, 2.45) is 0 Å². The number of carbonyl (C=O) groups is 2. The van der Waals surface area contributed by atoms with E-state index in [4.69, 9.17) is 14.2 Å². The lowest BCUT2D eigenvalue weighted by molar-refractivity contribution is -0.115. The summed E-state index contributed by atoms with van der Waals surface area (Å²) in [7, 11) is 1.60. The van der Waals surface area contributed by atoms with E-state index in [9.17, 15) is 14.7 Å². The van der Waals surface area contributed by atoms with Crippen LogP contribution in [0.3, 0.4) is 0 Å². The molecule has 0 heterocycles. The van der Waals surface area contributed by atoms with Gasteiger partial charge in [-0.05, 0) is 90.2 Å². The number of methoxy groups -OCH3 is 1. The fourth-order valence-electron chi connectivity index (χ4n) is 4.83. The molecule has 0 aliphatic carbocycles. The number of hydrogen-bond donors (Lipinski definition) is 3. The highest BCUT2D eigenvalue weighted by Crippen LogP contribution is 2.19. The van der Waals surface area contributed by atoms with Gasteiger partial charge >= 0.3 is 5.97 Å². The van der Waals surface area contributed by atoms with Crippen LogP contribution in [-0.4, -0.2) is 37.2 Å². The summed E-state index contributed by atoms with van der Waals surface area (Å²) in [6.45, 7) is 3.41. The maximum atomic E-state index is 12.6. The predicted molar refractivity (Wildman–Crippen MR) is 181 cm³/mol. The Balaban J connectivity index is 1.15. The third-order valence-electron chi connectivity index (χ3n) is 7.53. The number of anilines is 1. The molecular weight excluding hydrogens is 580 g/mol. The molecule has 4 aromatic rings. The molecule has 0 saturated heterocycles. The van der Waals surface area contributed by atoms with Crippen molar-refractivity contribution in [2.75, 3.05) is 25.6 Å². The number of esters is 1. The Morgan fingerprint density at radius 3 is 2.04 bits per heavy atom. The van der Waals surface area contributed by atoms with E-state index >= 15 is 0 Å². The summed E-state index contributed by atoms with van der Waals surface area (Å²) in [5, 5.41) is 16.6. The van der Waals surface area contributed by atoms with Crippen LogP contribution in [0.1, 0.15) is 72.3 Å². The van der Waals surface area contributed by atoms with Gasteiger partial charge in [0.05, 0.1) is 25.7 Å². The van der Waals surface area contributed by atoms with Crippen molar-refractivity contribution >= 4 is 17.6 Å². The number of rotatable bonds is 18. The normalized spacial score (nSPS) is 11.5. The Kier molecular flexibility index (Phi) is 13.6. The molecule has 242 valence electrons. The number of aliphatic hydroxyl groups excluding tert-OH is 1. The minimum atomic E-state index is -0.855. The third-order valence-corrected chi connectivity index (χ3v) is 7.53. The molecule has 46 heavy (non-hydrogen) atoms. The van der Waals surface area contributed by atoms with Crippen LogP contribution in [0, 0.1) is 0 Å². The number of aliphatic hydroxyl groups is 1. The zero-order chi connectivity index (χ0) is 32.6. The van der Waals surface area contributed by atoms with Crippen LogP contribution in [0.15, 0.2) is 97.1 Å². The number of unbranched alkanes of at least 4 members (excludes halogenated alkanes) is 4. The Morgan fingerprint density at radius 2 is 1.37 bits per heavy atom. The Bertz CT molecular complexity index is 1490. The van der Waals surface area contributed by atoms with Gasteiger partial charge < -0.3 is 24.6 Å². The predicted octanol–water partition coefficient (Wildman–Crippen LogP) is 7.27. The van der Waals surface area contributed by atoms with Gasteiger partial charge in [0, 0.05) is 12.2 Å². The average Bonchev–Trinajstić information content (AvgIpc) is 3.08. The van der Waals surface area contributed by atoms with Crippen LogP contribution in [0.4, 0.5) is 5.69 Å². The van der Waals surface area contributed by atoms with E-state index < -0.39 is 12.2 Å². The van der Waals surface area contributed by atoms with Crippen LogP contribution in [0.2, 0.25) is 0 Å². The van der Waals surface area contributed by atoms with Gasteiger partial charge in [-0.25, -0.2) is 4.79 Å². The molecule has 4 aromatic carbocycles. The molecule has 8 heteroatoms. The number of benzene rings is 4. The summed E-state index contributed by atoms with van der Waals surface area (Å²) < 4.78 is 16.5. The van der Waals surface area contributed by atoms with Gasteiger partial charge in [0.15, 0.2) is 0 Å². The lowest BCUT2D eigenvalue weighted by Gasteiger charge is -2.14. The molecule has 1 amide bonds. The first-order valence-electron chi connectivity index (χ1n) is 15.9. The number of nitrogens with one attached hydrogen (secondary N) is 2.